The molecular weight excluding hydrogens is 216 g/mol. The summed E-state index contributed by atoms with van der Waals surface area (Å²) in [4.78, 5) is 21.4. The maximum atomic E-state index is 10.9. The first-order chi connectivity index (χ1) is 7.36. The third-order valence-electron chi connectivity index (χ3n) is 2.11. The van der Waals surface area contributed by atoms with Crippen molar-refractivity contribution in [2.45, 2.75) is 12.0 Å². The van der Waals surface area contributed by atoms with Crippen molar-refractivity contribution in [2.75, 3.05) is 0 Å². The molecule has 0 radical (unpaired) electrons. The fraction of sp³-hybridized carbons (Fsp3) is 0.200. The summed E-state index contributed by atoms with van der Waals surface area (Å²) in [7, 11) is 0. The van der Waals surface area contributed by atoms with Crippen LogP contribution in [0, 0.1) is 0 Å². The van der Waals surface area contributed by atoms with Crippen molar-refractivity contribution in [3.63, 3.8) is 0 Å². The Bertz CT molecular complexity index is 410. The molecule has 1 unspecified atom stereocenters. The lowest BCUT2D eigenvalue weighted by atomic mass is 9.90. The van der Waals surface area contributed by atoms with Gasteiger partial charge in [0.05, 0.1) is 6.42 Å². The van der Waals surface area contributed by atoms with Gasteiger partial charge in [-0.15, -0.1) is 0 Å². The molecule has 0 spiro atoms. The van der Waals surface area contributed by atoms with Crippen molar-refractivity contribution in [1.29, 1.82) is 0 Å². The minimum absolute atomic E-state index is 0.0970. The summed E-state index contributed by atoms with van der Waals surface area (Å²) in [5.41, 5.74) is -2.58. The lowest BCUT2D eigenvalue weighted by Crippen LogP contribution is -2.37. The first-order valence-electron chi connectivity index (χ1n) is 4.33. The predicted molar refractivity (Wildman–Crippen MR) is 51.9 cm³/mol. The van der Waals surface area contributed by atoms with Gasteiger partial charge >= 0.3 is 11.9 Å². The largest absolute Gasteiger partial charge is 0.508 e. The zero-order valence-electron chi connectivity index (χ0n) is 8.12. The van der Waals surface area contributed by atoms with Gasteiger partial charge in [-0.3, -0.25) is 4.79 Å². The van der Waals surface area contributed by atoms with Crippen LogP contribution in [0.25, 0.3) is 0 Å². The Morgan fingerprint density at radius 3 is 2.00 bits per heavy atom. The highest BCUT2D eigenvalue weighted by Crippen LogP contribution is 2.27. The maximum Gasteiger partial charge on any atom is 0.341 e. The van der Waals surface area contributed by atoms with Crippen LogP contribution in [-0.2, 0) is 15.2 Å². The highest BCUT2D eigenvalue weighted by atomic mass is 16.4. The minimum Gasteiger partial charge on any atom is -0.508 e. The SMILES string of the molecule is O=C(O)CC(O)(C(=O)O)c1ccc(O)cc1. The molecule has 0 saturated heterocycles. The lowest BCUT2D eigenvalue weighted by molar-refractivity contribution is -0.166. The Morgan fingerprint density at radius 2 is 1.62 bits per heavy atom. The molecule has 0 amide bonds. The van der Waals surface area contributed by atoms with Gasteiger partial charge in [-0.2, -0.15) is 0 Å². The Balaban J connectivity index is 3.16. The van der Waals surface area contributed by atoms with Gasteiger partial charge in [-0.1, -0.05) is 12.1 Å². The van der Waals surface area contributed by atoms with E-state index in [4.69, 9.17) is 15.3 Å². The molecule has 0 aliphatic carbocycles. The third-order valence-corrected chi connectivity index (χ3v) is 2.11. The van der Waals surface area contributed by atoms with Crippen LogP contribution < -0.4 is 0 Å². The number of aliphatic carboxylic acids is 2. The quantitative estimate of drug-likeness (QED) is 0.580. The molecule has 0 heterocycles. The van der Waals surface area contributed by atoms with Crippen LogP contribution in [0.5, 0.6) is 5.75 Å². The average molecular weight is 226 g/mol. The molecule has 86 valence electrons. The van der Waals surface area contributed by atoms with E-state index >= 15 is 0 Å². The van der Waals surface area contributed by atoms with Crippen molar-refractivity contribution >= 4 is 11.9 Å². The topological polar surface area (TPSA) is 115 Å². The molecule has 0 bridgehead atoms. The van der Waals surface area contributed by atoms with Gasteiger partial charge in [-0.25, -0.2) is 4.79 Å². The Labute approximate surface area is 90.4 Å². The molecule has 0 saturated carbocycles. The summed E-state index contributed by atoms with van der Waals surface area (Å²) >= 11 is 0. The molecule has 6 heteroatoms. The van der Waals surface area contributed by atoms with Crippen LogP contribution in [-0.4, -0.2) is 32.4 Å². The maximum absolute atomic E-state index is 10.9. The van der Waals surface area contributed by atoms with Gasteiger partial charge in [0.25, 0.3) is 0 Å². The second kappa shape index (κ2) is 4.19. The number of phenolic OH excluding ortho intramolecular Hbond substituents is 1. The Morgan fingerprint density at radius 1 is 1.12 bits per heavy atom. The molecule has 1 aromatic carbocycles. The fourth-order valence-electron chi connectivity index (χ4n) is 1.26. The van der Waals surface area contributed by atoms with Gasteiger partial charge < -0.3 is 20.4 Å². The number of hydrogen-bond donors (Lipinski definition) is 4. The number of rotatable bonds is 4. The molecule has 1 atom stereocenters. The average Bonchev–Trinajstić information content (AvgIpc) is 2.17. The van der Waals surface area contributed by atoms with Gasteiger partial charge in [0.1, 0.15) is 5.75 Å². The van der Waals surface area contributed by atoms with Crippen LogP contribution in [0.15, 0.2) is 24.3 Å². The standard InChI is InChI=1S/C10H10O6/c11-7-3-1-6(2-4-7)10(16,9(14)15)5-8(12)13/h1-4,11,16H,5H2,(H,12,13)(H,14,15). The van der Waals surface area contributed by atoms with E-state index in [2.05, 4.69) is 0 Å². The van der Waals surface area contributed by atoms with Crippen LogP contribution >= 0.6 is 0 Å². The number of aromatic hydroxyl groups is 1. The first kappa shape index (κ1) is 12.0. The molecule has 1 aromatic rings. The van der Waals surface area contributed by atoms with E-state index in [9.17, 15) is 14.7 Å². The Kier molecular flexibility index (Phi) is 3.14. The van der Waals surface area contributed by atoms with Crippen LogP contribution in [0.2, 0.25) is 0 Å². The number of hydrogen-bond acceptors (Lipinski definition) is 4. The number of aliphatic hydroxyl groups is 1. The zero-order chi connectivity index (χ0) is 12.3. The smallest absolute Gasteiger partial charge is 0.341 e. The second-order valence-corrected chi connectivity index (χ2v) is 3.28. The number of carboxylic acids is 2. The van der Waals surface area contributed by atoms with E-state index in [0.717, 1.165) is 12.1 Å². The second-order valence-electron chi connectivity index (χ2n) is 3.28. The molecule has 16 heavy (non-hydrogen) atoms. The molecule has 0 fully saturated rings. The normalized spacial score (nSPS) is 14.1. The highest BCUT2D eigenvalue weighted by molar-refractivity contribution is 5.85. The van der Waals surface area contributed by atoms with Gasteiger partial charge in [0.2, 0.25) is 0 Å². The number of carbonyl (C=O) groups is 2. The summed E-state index contributed by atoms with van der Waals surface area (Å²) in [6.45, 7) is 0. The predicted octanol–water partition coefficient (Wildman–Crippen LogP) is 0.139. The molecule has 0 aliphatic heterocycles. The summed E-state index contributed by atoms with van der Waals surface area (Å²) < 4.78 is 0. The minimum atomic E-state index is -2.49. The molecule has 6 nitrogen and oxygen atoms in total. The number of carboxylic acid groups (broad SMARTS) is 2. The molecular formula is C10H10O6. The van der Waals surface area contributed by atoms with Crippen molar-refractivity contribution < 1.29 is 30.0 Å². The van der Waals surface area contributed by atoms with E-state index < -0.39 is 24.0 Å². The molecule has 4 N–H and O–H groups in total. The monoisotopic (exact) mass is 226 g/mol. The number of benzene rings is 1. The summed E-state index contributed by atoms with van der Waals surface area (Å²) in [5.74, 6) is -3.19. The first-order valence-corrected chi connectivity index (χ1v) is 4.33. The van der Waals surface area contributed by atoms with Crippen molar-refractivity contribution in [2.24, 2.45) is 0 Å². The van der Waals surface area contributed by atoms with Crippen molar-refractivity contribution in [3.8, 4) is 5.75 Å². The zero-order valence-corrected chi connectivity index (χ0v) is 8.12. The summed E-state index contributed by atoms with van der Waals surface area (Å²) in [5, 5.41) is 36.1. The van der Waals surface area contributed by atoms with Crippen molar-refractivity contribution in [1.82, 2.24) is 0 Å². The highest BCUT2D eigenvalue weighted by Gasteiger charge is 2.40. The number of phenols is 1. The van der Waals surface area contributed by atoms with E-state index in [1.807, 2.05) is 0 Å². The van der Waals surface area contributed by atoms with E-state index in [1.54, 1.807) is 0 Å². The molecule has 0 aromatic heterocycles. The van der Waals surface area contributed by atoms with Crippen molar-refractivity contribution in [3.05, 3.63) is 29.8 Å². The van der Waals surface area contributed by atoms with Crippen LogP contribution in [0.1, 0.15) is 12.0 Å². The summed E-state index contributed by atoms with van der Waals surface area (Å²) in [6.07, 6.45) is -0.951. The van der Waals surface area contributed by atoms with E-state index in [-0.39, 0.29) is 11.3 Å². The molecule has 1 rings (SSSR count). The Hall–Kier alpha value is -2.08. The van der Waals surface area contributed by atoms with Crippen LogP contribution in [0.4, 0.5) is 0 Å². The fourth-order valence-corrected chi connectivity index (χ4v) is 1.26. The summed E-state index contributed by atoms with van der Waals surface area (Å²) in [6, 6.07) is 4.66. The van der Waals surface area contributed by atoms with Gasteiger partial charge in [0.15, 0.2) is 5.60 Å². The van der Waals surface area contributed by atoms with E-state index in [1.165, 1.54) is 12.1 Å². The van der Waals surface area contributed by atoms with Gasteiger partial charge in [-0.05, 0) is 17.7 Å². The third kappa shape index (κ3) is 2.29. The molecule has 0 aliphatic rings. The van der Waals surface area contributed by atoms with Gasteiger partial charge in [0, 0.05) is 0 Å². The van der Waals surface area contributed by atoms with Crippen LogP contribution in [0.3, 0.4) is 0 Å². The van der Waals surface area contributed by atoms with E-state index in [0.29, 0.717) is 0 Å². The lowest BCUT2D eigenvalue weighted by Gasteiger charge is -2.21.